The molecule has 0 amide bonds. The molecule has 0 fully saturated rings. The van der Waals surface area contributed by atoms with E-state index in [-0.39, 0.29) is 5.04 Å². The van der Waals surface area contributed by atoms with Crippen molar-refractivity contribution in [1.82, 2.24) is 0 Å². The van der Waals surface area contributed by atoms with Crippen LogP contribution in [0.1, 0.15) is 27.7 Å². The minimum absolute atomic E-state index is 0.285. The molecule has 0 N–H and O–H groups in total. The van der Waals surface area contributed by atoms with Crippen LogP contribution in [0, 0.1) is 0 Å². The van der Waals surface area contributed by atoms with Gasteiger partial charge in [-0.2, -0.15) is 0 Å². The summed E-state index contributed by atoms with van der Waals surface area (Å²) in [4.78, 5) is 0. The van der Waals surface area contributed by atoms with Gasteiger partial charge in [0.15, 0.2) is 0 Å². The molecule has 0 rings (SSSR count). The van der Waals surface area contributed by atoms with Crippen LogP contribution >= 0.6 is 0 Å². The lowest BCUT2D eigenvalue weighted by atomic mass is 10.2. The molecule has 0 aromatic carbocycles. The first kappa shape index (κ1) is 12.5. The molecule has 0 heterocycles. The minimum Gasteiger partial charge on any atom is -0.549 e. The van der Waals surface area contributed by atoms with Crippen molar-refractivity contribution in [1.29, 1.82) is 0 Å². The van der Waals surface area contributed by atoms with E-state index in [0.717, 1.165) is 0 Å². The van der Waals surface area contributed by atoms with E-state index in [1.165, 1.54) is 0 Å². The maximum atomic E-state index is 5.80. The molecule has 76 valence electrons. The Morgan fingerprint density at radius 3 is 2.00 bits per heavy atom. The molecule has 0 unspecified atom stereocenters. The van der Waals surface area contributed by atoms with E-state index >= 15 is 0 Å². The zero-order valence-electron chi connectivity index (χ0n) is 9.72. The van der Waals surface area contributed by atoms with E-state index in [1.807, 2.05) is 31.4 Å². The Balaban J connectivity index is 4.19. The Bertz CT molecular complexity index is 197. The number of hydrogen-bond donors (Lipinski definition) is 0. The summed E-state index contributed by atoms with van der Waals surface area (Å²) in [7, 11) is -1.58. The zero-order valence-corrected chi connectivity index (χ0v) is 10.7. The molecular formula is C11H22OSi. The Kier molecular flexibility index (Phi) is 4.47. The highest BCUT2D eigenvalue weighted by atomic mass is 28.4. The minimum atomic E-state index is -1.58. The molecule has 0 aromatic rings. The fourth-order valence-corrected chi connectivity index (χ4v) is 1.31. The van der Waals surface area contributed by atoms with Crippen molar-refractivity contribution in [3.05, 3.63) is 24.5 Å². The van der Waals surface area contributed by atoms with Gasteiger partial charge in [0, 0.05) is 0 Å². The van der Waals surface area contributed by atoms with E-state index in [0.29, 0.717) is 0 Å². The average Bonchev–Trinajstić information content (AvgIpc) is 1.96. The van der Waals surface area contributed by atoms with Crippen LogP contribution < -0.4 is 0 Å². The summed E-state index contributed by atoms with van der Waals surface area (Å²) in [5, 5.41) is 0.285. The van der Waals surface area contributed by atoms with E-state index < -0.39 is 8.32 Å². The fraction of sp³-hybridized carbons (Fsp3) is 0.636. The number of rotatable bonds is 3. The lowest BCUT2D eigenvalue weighted by molar-refractivity contribution is 0.430. The summed E-state index contributed by atoms with van der Waals surface area (Å²) in [5.41, 5.74) is 0. The summed E-state index contributed by atoms with van der Waals surface area (Å²) in [6, 6.07) is 0. The molecule has 0 aromatic heterocycles. The van der Waals surface area contributed by atoms with Gasteiger partial charge >= 0.3 is 0 Å². The summed E-state index contributed by atoms with van der Waals surface area (Å²) >= 11 is 0. The molecular weight excluding hydrogens is 176 g/mol. The smallest absolute Gasteiger partial charge is 0.249 e. The lowest BCUT2D eigenvalue weighted by Gasteiger charge is -2.34. The monoisotopic (exact) mass is 198 g/mol. The van der Waals surface area contributed by atoms with Crippen molar-refractivity contribution in [2.45, 2.75) is 45.8 Å². The molecule has 0 saturated heterocycles. The highest BCUT2D eigenvalue weighted by Gasteiger charge is 2.37. The Labute approximate surface area is 83.6 Å². The van der Waals surface area contributed by atoms with Crippen LogP contribution in [0.4, 0.5) is 0 Å². The average molecular weight is 198 g/mol. The van der Waals surface area contributed by atoms with E-state index in [1.54, 1.807) is 0 Å². The van der Waals surface area contributed by atoms with Crippen LogP contribution in [-0.4, -0.2) is 8.32 Å². The number of allylic oxidation sites excluding steroid dienone is 3. The van der Waals surface area contributed by atoms with Crippen LogP contribution in [0.3, 0.4) is 0 Å². The van der Waals surface area contributed by atoms with Crippen molar-refractivity contribution < 1.29 is 4.43 Å². The third kappa shape index (κ3) is 4.32. The van der Waals surface area contributed by atoms with Crippen LogP contribution in [0.5, 0.6) is 0 Å². The van der Waals surface area contributed by atoms with Crippen LogP contribution in [0.15, 0.2) is 24.5 Å². The first-order valence-electron chi connectivity index (χ1n) is 4.77. The van der Waals surface area contributed by atoms with Crippen LogP contribution in [0.2, 0.25) is 18.1 Å². The predicted molar refractivity (Wildman–Crippen MR) is 62.2 cm³/mol. The van der Waals surface area contributed by atoms with Crippen molar-refractivity contribution in [3.63, 3.8) is 0 Å². The highest BCUT2D eigenvalue weighted by Crippen LogP contribution is 2.36. The van der Waals surface area contributed by atoms with E-state index in [4.69, 9.17) is 4.43 Å². The molecule has 0 aliphatic heterocycles. The molecule has 1 nitrogen and oxygen atoms in total. The molecule has 0 bridgehead atoms. The summed E-state index contributed by atoms with van der Waals surface area (Å²) in [6.07, 6.45) is 7.73. The topological polar surface area (TPSA) is 9.23 Å². The van der Waals surface area contributed by atoms with Crippen molar-refractivity contribution >= 4 is 8.32 Å². The fourth-order valence-electron chi connectivity index (χ4n) is 0.543. The van der Waals surface area contributed by atoms with Crippen molar-refractivity contribution in [2.24, 2.45) is 0 Å². The van der Waals surface area contributed by atoms with Gasteiger partial charge in [0.05, 0.1) is 6.26 Å². The first-order chi connectivity index (χ1) is 5.81. The molecule has 0 aliphatic carbocycles. The Morgan fingerprint density at radius 2 is 1.62 bits per heavy atom. The normalized spacial score (nSPS) is 14.3. The largest absolute Gasteiger partial charge is 0.549 e. The third-order valence-corrected chi connectivity index (χ3v) is 6.89. The second-order valence-corrected chi connectivity index (χ2v) is 9.49. The van der Waals surface area contributed by atoms with Crippen LogP contribution in [-0.2, 0) is 4.43 Å². The van der Waals surface area contributed by atoms with Gasteiger partial charge in [0.1, 0.15) is 0 Å². The van der Waals surface area contributed by atoms with Gasteiger partial charge in [-0.3, -0.25) is 0 Å². The molecule has 13 heavy (non-hydrogen) atoms. The van der Waals surface area contributed by atoms with Gasteiger partial charge in [0.25, 0.3) is 0 Å². The van der Waals surface area contributed by atoms with Crippen molar-refractivity contribution in [2.75, 3.05) is 0 Å². The van der Waals surface area contributed by atoms with Gasteiger partial charge in [0.2, 0.25) is 8.32 Å². The molecule has 0 aliphatic rings. The van der Waals surface area contributed by atoms with Gasteiger partial charge in [-0.25, -0.2) is 0 Å². The summed E-state index contributed by atoms with van der Waals surface area (Å²) in [6.45, 7) is 13.2. The first-order valence-corrected chi connectivity index (χ1v) is 7.68. The molecule has 0 saturated carbocycles. The molecule has 2 heteroatoms. The third-order valence-electron chi connectivity index (χ3n) is 2.55. The highest BCUT2D eigenvalue weighted by molar-refractivity contribution is 6.74. The van der Waals surface area contributed by atoms with E-state index in [2.05, 4.69) is 33.9 Å². The molecule has 0 spiro atoms. The quantitative estimate of drug-likeness (QED) is 0.377. The van der Waals surface area contributed by atoms with Gasteiger partial charge in [-0.1, -0.05) is 32.9 Å². The number of hydrogen-bond acceptors (Lipinski definition) is 1. The lowest BCUT2D eigenvalue weighted by Crippen LogP contribution is -2.39. The van der Waals surface area contributed by atoms with Crippen LogP contribution in [0.25, 0.3) is 0 Å². The Hall–Kier alpha value is -0.503. The standard InChI is InChI=1S/C11H22OSi/c1-7-8-9-10-12-13(5,6)11(2,3)4/h7-10H,1-6H3/b8-7+,10-9+. The van der Waals surface area contributed by atoms with Crippen molar-refractivity contribution in [3.8, 4) is 0 Å². The summed E-state index contributed by atoms with van der Waals surface area (Å²) in [5.74, 6) is 0. The maximum Gasteiger partial charge on any atom is 0.249 e. The zero-order chi connectivity index (χ0) is 10.5. The molecule has 0 atom stereocenters. The van der Waals surface area contributed by atoms with Gasteiger partial charge < -0.3 is 4.43 Å². The predicted octanol–water partition coefficient (Wildman–Crippen LogP) is 4.10. The summed E-state index contributed by atoms with van der Waals surface area (Å²) < 4.78 is 5.80. The second-order valence-electron chi connectivity index (χ2n) is 4.73. The SMILES string of the molecule is C/C=C/C=C/O[Si](C)(C)C(C)(C)C. The second kappa shape index (κ2) is 4.65. The van der Waals surface area contributed by atoms with E-state index in [9.17, 15) is 0 Å². The maximum absolute atomic E-state index is 5.80. The Morgan fingerprint density at radius 1 is 1.08 bits per heavy atom. The molecule has 0 radical (unpaired) electrons. The van der Waals surface area contributed by atoms with Gasteiger partial charge in [-0.05, 0) is 31.1 Å². The van der Waals surface area contributed by atoms with Gasteiger partial charge in [-0.15, -0.1) is 0 Å².